The summed E-state index contributed by atoms with van der Waals surface area (Å²) in [6.07, 6.45) is 7.08. The lowest BCUT2D eigenvalue weighted by Gasteiger charge is -2.30. The maximum absolute atomic E-state index is 12.8. The van der Waals surface area contributed by atoms with Crippen LogP contribution < -0.4 is 4.74 Å². The van der Waals surface area contributed by atoms with Gasteiger partial charge in [-0.25, -0.2) is 0 Å². The Morgan fingerprint density at radius 3 is 2.63 bits per heavy atom. The second kappa shape index (κ2) is 8.04. The van der Waals surface area contributed by atoms with Gasteiger partial charge in [0.05, 0.1) is 13.2 Å². The quantitative estimate of drug-likeness (QED) is 0.759. The minimum Gasteiger partial charge on any atom is -0.496 e. The molecule has 0 spiro atoms. The number of hydrogen-bond donors (Lipinski definition) is 0. The van der Waals surface area contributed by atoms with Crippen molar-refractivity contribution in [2.75, 3.05) is 7.11 Å². The van der Waals surface area contributed by atoms with Gasteiger partial charge in [-0.2, -0.15) is 0 Å². The lowest BCUT2D eigenvalue weighted by atomic mass is 9.98. The highest BCUT2D eigenvalue weighted by Crippen LogP contribution is 2.29. The van der Waals surface area contributed by atoms with E-state index in [0.29, 0.717) is 6.42 Å². The van der Waals surface area contributed by atoms with Gasteiger partial charge in [-0.15, -0.1) is 0 Å². The number of carbonyl (C=O) groups excluding carboxylic acids is 2. The van der Waals surface area contributed by atoms with E-state index in [2.05, 4.69) is 0 Å². The van der Waals surface area contributed by atoms with Gasteiger partial charge in [0.25, 0.3) is 11.8 Å². The minimum atomic E-state index is -0.324. The molecule has 1 atom stereocenters. The van der Waals surface area contributed by atoms with Crippen molar-refractivity contribution in [3.63, 3.8) is 0 Å². The zero-order valence-corrected chi connectivity index (χ0v) is 15.8. The molecule has 1 aliphatic heterocycles. The molecule has 1 aliphatic rings. The van der Waals surface area contributed by atoms with Crippen LogP contribution >= 0.6 is 0 Å². The third-order valence-corrected chi connectivity index (χ3v) is 4.87. The molecule has 1 heterocycles. The van der Waals surface area contributed by atoms with Crippen molar-refractivity contribution in [3.8, 4) is 5.75 Å². The zero-order chi connectivity index (χ0) is 19.4. The summed E-state index contributed by atoms with van der Waals surface area (Å²) in [6.45, 7) is 4.00. The highest BCUT2D eigenvalue weighted by molar-refractivity contribution is 6.07. The fourth-order valence-corrected chi connectivity index (χ4v) is 3.27. The highest BCUT2D eigenvalue weighted by Gasteiger charge is 2.30. The molecular formula is C23H23NO3. The second-order valence-electron chi connectivity index (χ2n) is 6.61. The third-order valence-electron chi connectivity index (χ3n) is 4.87. The number of ether oxygens (including phenoxy) is 1. The summed E-state index contributed by atoms with van der Waals surface area (Å²) in [5.41, 5.74) is 3.96. The first-order valence-corrected chi connectivity index (χ1v) is 8.93. The van der Waals surface area contributed by atoms with Crippen molar-refractivity contribution >= 4 is 17.9 Å². The second-order valence-corrected chi connectivity index (χ2v) is 6.61. The van der Waals surface area contributed by atoms with Crippen LogP contribution in [0.15, 0.2) is 60.7 Å². The summed E-state index contributed by atoms with van der Waals surface area (Å²) in [5, 5.41) is 0. The van der Waals surface area contributed by atoms with Crippen LogP contribution in [0.2, 0.25) is 0 Å². The lowest BCUT2D eigenvalue weighted by Crippen LogP contribution is -2.39. The van der Waals surface area contributed by atoms with E-state index in [4.69, 9.17) is 4.74 Å². The molecule has 0 saturated carbocycles. The van der Waals surface area contributed by atoms with Crippen LogP contribution in [-0.2, 0) is 9.59 Å². The fraction of sp³-hybridized carbons (Fsp3) is 0.217. The molecule has 0 aliphatic carbocycles. The van der Waals surface area contributed by atoms with Gasteiger partial charge in [0, 0.05) is 6.08 Å². The molecule has 0 fully saturated rings. The Morgan fingerprint density at radius 2 is 1.93 bits per heavy atom. The van der Waals surface area contributed by atoms with Crippen molar-refractivity contribution < 1.29 is 14.3 Å². The molecule has 3 rings (SSSR count). The summed E-state index contributed by atoms with van der Waals surface area (Å²) in [7, 11) is 1.63. The van der Waals surface area contributed by atoms with Gasteiger partial charge in [-0.3, -0.25) is 14.5 Å². The molecule has 2 aromatic rings. The van der Waals surface area contributed by atoms with Crippen molar-refractivity contribution in [2.45, 2.75) is 26.3 Å². The lowest BCUT2D eigenvalue weighted by molar-refractivity contribution is -0.142. The van der Waals surface area contributed by atoms with Gasteiger partial charge >= 0.3 is 0 Å². The number of hydrogen-bond acceptors (Lipinski definition) is 3. The fourth-order valence-electron chi connectivity index (χ4n) is 3.27. The van der Waals surface area contributed by atoms with Gasteiger partial charge in [0.15, 0.2) is 0 Å². The van der Waals surface area contributed by atoms with E-state index < -0.39 is 0 Å². The molecule has 2 amide bonds. The van der Waals surface area contributed by atoms with E-state index in [9.17, 15) is 9.59 Å². The molecule has 0 saturated heterocycles. The molecule has 0 aromatic heterocycles. The number of rotatable bonds is 4. The minimum absolute atomic E-state index is 0.282. The van der Waals surface area contributed by atoms with Crippen LogP contribution in [0.3, 0.4) is 0 Å². The van der Waals surface area contributed by atoms with Crippen molar-refractivity contribution in [1.82, 2.24) is 4.90 Å². The summed E-state index contributed by atoms with van der Waals surface area (Å²) < 4.78 is 5.39. The van der Waals surface area contributed by atoms with Gasteiger partial charge in [-0.05, 0) is 60.7 Å². The van der Waals surface area contributed by atoms with E-state index in [1.807, 2.05) is 62.4 Å². The first kappa shape index (κ1) is 18.6. The standard InChI is InChI=1S/C23H23NO3/c1-16-14-18(15-21(27-3)17(16)2)12-13-23(26)24-20(10-7-11-22(24)25)19-8-5-4-6-9-19/h4-9,11-15,20H,10H2,1-3H3/b13-12+. The van der Waals surface area contributed by atoms with Crippen LogP contribution in [0, 0.1) is 13.8 Å². The van der Waals surface area contributed by atoms with Crippen LogP contribution in [0.1, 0.15) is 34.7 Å². The maximum atomic E-state index is 12.8. The average Bonchev–Trinajstić information content (AvgIpc) is 2.69. The van der Waals surface area contributed by atoms with Gasteiger partial charge < -0.3 is 4.74 Å². The van der Waals surface area contributed by atoms with Gasteiger partial charge in [0.1, 0.15) is 5.75 Å². The number of methoxy groups -OCH3 is 1. The SMILES string of the molecule is COc1cc(/C=C/C(=O)N2C(=O)C=CCC2c2ccccc2)cc(C)c1C. The van der Waals surface area contributed by atoms with Crippen LogP contribution in [-0.4, -0.2) is 23.8 Å². The smallest absolute Gasteiger partial charge is 0.254 e. The Morgan fingerprint density at radius 1 is 1.19 bits per heavy atom. The Balaban J connectivity index is 1.87. The molecule has 2 aromatic carbocycles. The first-order chi connectivity index (χ1) is 13.0. The first-order valence-electron chi connectivity index (χ1n) is 8.93. The molecule has 1 unspecified atom stereocenters. The molecule has 4 heteroatoms. The Labute approximate surface area is 159 Å². The largest absolute Gasteiger partial charge is 0.496 e. The van der Waals surface area contributed by atoms with Crippen molar-refractivity contribution in [1.29, 1.82) is 0 Å². The number of amides is 2. The van der Waals surface area contributed by atoms with Crippen molar-refractivity contribution in [2.24, 2.45) is 0 Å². The average molecular weight is 361 g/mol. The predicted molar refractivity (Wildman–Crippen MR) is 106 cm³/mol. The molecule has 0 bridgehead atoms. The summed E-state index contributed by atoms with van der Waals surface area (Å²) in [4.78, 5) is 26.5. The van der Waals surface area contributed by atoms with Crippen LogP contribution in [0.4, 0.5) is 0 Å². The number of imide groups is 1. The Bertz CT molecular complexity index is 913. The summed E-state index contributed by atoms with van der Waals surface area (Å²) in [5.74, 6) is 0.166. The van der Waals surface area contributed by atoms with Crippen LogP contribution in [0.25, 0.3) is 6.08 Å². The molecule has 4 nitrogen and oxygen atoms in total. The molecular weight excluding hydrogens is 338 g/mol. The highest BCUT2D eigenvalue weighted by atomic mass is 16.5. The Hall–Kier alpha value is -3.14. The molecule has 0 N–H and O–H groups in total. The zero-order valence-electron chi connectivity index (χ0n) is 15.8. The third kappa shape index (κ3) is 4.00. The normalized spacial score (nSPS) is 16.8. The van der Waals surface area contributed by atoms with E-state index in [1.165, 1.54) is 17.1 Å². The van der Waals surface area contributed by atoms with E-state index in [0.717, 1.165) is 28.0 Å². The number of nitrogens with zero attached hydrogens (tertiary/aromatic N) is 1. The van der Waals surface area contributed by atoms with Gasteiger partial charge in [-0.1, -0.05) is 42.5 Å². The Kier molecular flexibility index (Phi) is 5.55. The monoisotopic (exact) mass is 361 g/mol. The topological polar surface area (TPSA) is 46.6 Å². The summed E-state index contributed by atoms with van der Waals surface area (Å²) in [6, 6.07) is 13.2. The molecule has 27 heavy (non-hydrogen) atoms. The van der Waals surface area contributed by atoms with E-state index in [-0.39, 0.29) is 17.9 Å². The molecule has 138 valence electrons. The predicted octanol–water partition coefficient (Wildman–Crippen LogP) is 4.38. The number of aryl methyl sites for hydroxylation is 1. The van der Waals surface area contributed by atoms with E-state index in [1.54, 1.807) is 13.2 Å². The maximum Gasteiger partial charge on any atom is 0.254 e. The van der Waals surface area contributed by atoms with Crippen LogP contribution in [0.5, 0.6) is 5.75 Å². The molecule has 0 radical (unpaired) electrons. The van der Waals surface area contributed by atoms with Gasteiger partial charge in [0.2, 0.25) is 0 Å². The number of benzene rings is 2. The van der Waals surface area contributed by atoms with E-state index >= 15 is 0 Å². The number of carbonyl (C=O) groups is 2. The van der Waals surface area contributed by atoms with Crippen molar-refractivity contribution in [3.05, 3.63) is 82.9 Å². The summed E-state index contributed by atoms with van der Waals surface area (Å²) >= 11 is 0.